The molecule has 0 aliphatic rings. The van der Waals surface area contributed by atoms with Gasteiger partial charge in [0.2, 0.25) is 0 Å². The van der Waals surface area contributed by atoms with E-state index in [1.807, 2.05) is 6.92 Å². The summed E-state index contributed by atoms with van der Waals surface area (Å²) in [6.45, 7) is 1.91. The largest absolute Gasteiger partial charge is 0.409 e. The van der Waals surface area contributed by atoms with Gasteiger partial charge in [-0.3, -0.25) is 0 Å². The molecule has 0 aromatic rings. The molecular formula is C7H16N4O2. The van der Waals surface area contributed by atoms with Gasteiger partial charge in [-0.15, -0.1) is 0 Å². The molecule has 0 aromatic heterocycles. The summed E-state index contributed by atoms with van der Waals surface area (Å²) < 4.78 is 0. The van der Waals surface area contributed by atoms with Gasteiger partial charge in [-0.05, 0) is 6.42 Å². The lowest BCUT2D eigenvalue weighted by molar-refractivity contribution is 0.238. The van der Waals surface area contributed by atoms with E-state index in [9.17, 15) is 4.79 Å². The van der Waals surface area contributed by atoms with Crippen molar-refractivity contribution in [2.24, 2.45) is 10.9 Å². The molecule has 0 aliphatic carbocycles. The first-order chi connectivity index (χ1) is 6.13. The lowest BCUT2D eigenvalue weighted by Crippen LogP contribution is -2.42. The molecule has 0 saturated carbocycles. The molecule has 13 heavy (non-hydrogen) atoms. The van der Waals surface area contributed by atoms with Crippen LogP contribution < -0.4 is 16.4 Å². The SMILES string of the molecule is CCC(CC(N)=NO)NC(=O)NC. The number of urea groups is 1. The summed E-state index contributed by atoms with van der Waals surface area (Å²) in [7, 11) is 1.53. The summed E-state index contributed by atoms with van der Waals surface area (Å²) in [4.78, 5) is 10.9. The number of hydrogen-bond acceptors (Lipinski definition) is 3. The number of oxime groups is 1. The summed E-state index contributed by atoms with van der Waals surface area (Å²) in [5, 5.41) is 16.2. The van der Waals surface area contributed by atoms with Crippen LogP contribution in [-0.2, 0) is 0 Å². The van der Waals surface area contributed by atoms with E-state index in [2.05, 4.69) is 15.8 Å². The highest BCUT2D eigenvalue weighted by atomic mass is 16.4. The highest BCUT2D eigenvalue weighted by Crippen LogP contribution is 1.96. The van der Waals surface area contributed by atoms with Gasteiger partial charge >= 0.3 is 6.03 Å². The van der Waals surface area contributed by atoms with E-state index in [1.165, 1.54) is 7.05 Å². The number of nitrogens with zero attached hydrogens (tertiary/aromatic N) is 1. The Kier molecular flexibility index (Phi) is 5.42. The molecule has 2 amide bonds. The maximum Gasteiger partial charge on any atom is 0.314 e. The van der Waals surface area contributed by atoms with Crippen molar-refractivity contribution in [2.75, 3.05) is 7.05 Å². The van der Waals surface area contributed by atoms with Crippen molar-refractivity contribution >= 4 is 11.9 Å². The molecule has 1 unspecified atom stereocenters. The van der Waals surface area contributed by atoms with Crippen molar-refractivity contribution < 1.29 is 10.0 Å². The standard InChI is InChI=1S/C7H16N4O2/c1-3-5(4-6(8)11-13)10-7(12)9-2/h5,13H,3-4H2,1-2H3,(H2,8,11)(H2,9,10,12). The van der Waals surface area contributed by atoms with Crippen LogP contribution in [0.5, 0.6) is 0 Å². The summed E-state index contributed by atoms with van der Waals surface area (Å²) >= 11 is 0. The smallest absolute Gasteiger partial charge is 0.314 e. The molecule has 0 fully saturated rings. The average molecular weight is 188 g/mol. The van der Waals surface area contributed by atoms with Crippen LogP contribution in [0.4, 0.5) is 4.79 Å². The quantitative estimate of drug-likeness (QED) is 0.213. The second-order valence-corrected chi connectivity index (χ2v) is 2.62. The third kappa shape index (κ3) is 4.89. The van der Waals surface area contributed by atoms with Gasteiger partial charge in [-0.25, -0.2) is 4.79 Å². The van der Waals surface area contributed by atoms with Crippen LogP contribution in [0.1, 0.15) is 19.8 Å². The number of amides is 2. The fourth-order valence-electron chi connectivity index (χ4n) is 0.848. The minimum Gasteiger partial charge on any atom is -0.409 e. The molecule has 0 aromatic carbocycles. The maximum atomic E-state index is 10.9. The fourth-order valence-corrected chi connectivity index (χ4v) is 0.848. The van der Waals surface area contributed by atoms with Gasteiger partial charge in [0.1, 0.15) is 5.84 Å². The molecule has 0 bridgehead atoms. The fraction of sp³-hybridized carbons (Fsp3) is 0.714. The minimum atomic E-state index is -0.266. The van der Waals surface area contributed by atoms with Crippen molar-refractivity contribution in [2.45, 2.75) is 25.8 Å². The molecule has 5 N–H and O–H groups in total. The van der Waals surface area contributed by atoms with E-state index < -0.39 is 0 Å². The Hall–Kier alpha value is -1.46. The van der Waals surface area contributed by atoms with E-state index in [1.54, 1.807) is 0 Å². The van der Waals surface area contributed by atoms with Gasteiger partial charge in [0.25, 0.3) is 0 Å². The number of nitrogens with two attached hydrogens (primary N) is 1. The number of carbonyl (C=O) groups excluding carboxylic acids is 1. The van der Waals surface area contributed by atoms with E-state index in [0.717, 1.165) is 6.42 Å². The average Bonchev–Trinajstić information content (AvgIpc) is 2.16. The maximum absolute atomic E-state index is 10.9. The molecule has 0 rings (SSSR count). The topological polar surface area (TPSA) is 99.7 Å². The predicted octanol–water partition coefficient (Wildman–Crippen LogP) is -0.169. The summed E-state index contributed by atoms with van der Waals surface area (Å²) in [6.07, 6.45) is 1.07. The Bertz CT molecular complexity index is 193. The van der Waals surface area contributed by atoms with Crippen LogP contribution in [0.15, 0.2) is 5.16 Å². The highest BCUT2D eigenvalue weighted by Gasteiger charge is 2.10. The van der Waals surface area contributed by atoms with Gasteiger partial charge < -0.3 is 21.6 Å². The number of nitrogens with one attached hydrogen (secondary N) is 2. The Morgan fingerprint density at radius 3 is 2.69 bits per heavy atom. The van der Waals surface area contributed by atoms with Crippen LogP contribution in [0.2, 0.25) is 0 Å². The van der Waals surface area contributed by atoms with Gasteiger partial charge in [0, 0.05) is 19.5 Å². The van der Waals surface area contributed by atoms with Crippen LogP contribution in [-0.4, -0.2) is 30.2 Å². The number of rotatable bonds is 4. The van der Waals surface area contributed by atoms with Crippen molar-refractivity contribution in [3.05, 3.63) is 0 Å². The Balaban J connectivity index is 3.96. The molecule has 6 heteroatoms. The molecule has 1 atom stereocenters. The Morgan fingerprint density at radius 1 is 1.69 bits per heavy atom. The van der Waals surface area contributed by atoms with Crippen molar-refractivity contribution in [3.63, 3.8) is 0 Å². The second-order valence-electron chi connectivity index (χ2n) is 2.62. The zero-order valence-corrected chi connectivity index (χ0v) is 7.87. The first-order valence-corrected chi connectivity index (χ1v) is 4.08. The van der Waals surface area contributed by atoms with Gasteiger partial charge in [0.05, 0.1) is 0 Å². The first-order valence-electron chi connectivity index (χ1n) is 4.08. The summed E-state index contributed by atoms with van der Waals surface area (Å²) in [6, 6.07) is -0.367. The number of amidine groups is 1. The highest BCUT2D eigenvalue weighted by molar-refractivity contribution is 5.81. The molecule has 0 aliphatic heterocycles. The summed E-state index contributed by atoms with van der Waals surface area (Å²) in [5.74, 6) is 0.114. The normalized spacial score (nSPS) is 13.5. The molecular weight excluding hydrogens is 172 g/mol. The van der Waals surface area contributed by atoms with Crippen LogP contribution >= 0.6 is 0 Å². The zero-order valence-electron chi connectivity index (χ0n) is 7.87. The van der Waals surface area contributed by atoms with Gasteiger partial charge in [-0.2, -0.15) is 0 Å². The molecule has 0 saturated heterocycles. The molecule has 6 nitrogen and oxygen atoms in total. The third-order valence-electron chi connectivity index (χ3n) is 1.64. The lowest BCUT2D eigenvalue weighted by Gasteiger charge is -2.15. The Labute approximate surface area is 77.2 Å². The van der Waals surface area contributed by atoms with Crippen molar-refractivity contribution in [3.8, 4) is 0 Å². The molecule has 76 valence electrons. The van der Waals surface area contributed by atoms with Crippen molar-refractivity contribution in [1.82, 2.24) is 10.6 Å². The van der Waals surface area contributed by atoms with Gasteiger partial charge in [-0.1, -0.05) is 12.1 Å². The first kappa shape index (κ1) is 11.5. The Morgan fingerprint density at radius 2 is 2.31 bits per heavy atom. The zero-order chi connectivity index (χ0) is 10.3. The number of carbonyl (C=O) groups is 1. The molecule has 0 radical (unpaired) electrons. The van der Waals surface area contributed by atoms with Crippen LogP contribution in [0, 0.1) is 0 Å². The molecule has 0 spiro atoms. The monoisotopic (exact) mass is 188 g/mol. The number of hydrogen-bond donors (Lipinski definition) is 4. The predicted molar refractivity (Wildman–Crippen MR) is 49.7 cm³/mol. The van der Waals surface area contributed by atoms with Crippen LogP contribution in [0.3, 0.4) is 0 Å². The lowest BCUT2D eigenvalue weighted by atomic mass is 10.1. The minimum absolute atomic E-state index is 0.101. The van der Waals surface area contributed by atoms with E-state index in [-0.39, 0.29) is 17.9 Å². The second kappa shape index (κ2) is 6.10. The summed E-state index contributed by atoms with van der Waals surface area (Å²) in [5.41, 5.74) is 5.29. The third-order valence-corrected chi connectivity index (χ3v) is 1.64. The van der Waals surface area contributed by atoms with Crippen molar-refractivity contribution in [1.29, 1.82) is 0 Å². The van der Waals surface area contributed by atoms with E-state index in [4.69, 9.17) is 10.9 Å². The van der Waals surface area contributed by atoms with Crippen LogP contribution in [0.25, 0.3) is 0 Å². The van der Waals surface area contributed by atoms with E-state index >= 15 is 0 Å². The molecule has 0 heterocycles. The van der Waals surface area contributed by atoms with Gasteiger partial charge in [0.15, 0.2) is 0 Å². The van der Waals surface area contributed by atoms with E-state index in [0.29, 0.717) is 6.42 Å².